The van der Waals surface area contributed by atoms with Gasteiger partial charge in [0.25, 0.3) is 5.91 Å². The van der Waals surface area contributed by atoms with Crippen molar-refractivity contribution in [3.63, 3.8) is 0 Å². The second-order valence-electron chi connectivity index (χ2n) is 9.10. The molecule has 1 aliphatic rings. The molecule has 1 aliphatic carbocycles. The highest BCUT2D eigenvalue weighted by atomic mass is 16.3. The number of aryl methyl sites for hydroxylation is 1. The van der Waals surface area contributed by atoms with Crippen molar-refractivity contribution in [3.05, 3.63) is 47.4 Å². The number of nitrogen functional groups attached to an aromatic ring is 1. The number of nitrogens with zero attached hydrogens (tertiary/aromatic N) is 2. The fraction of sp³-hybridized carbons (Fsp3) is 0.458. The van der Waals surface area contributed by atoms with E-state index in [1.54, 1.807) is 25.5 Å². The maximum Gasteiger partial charge on any atom is 0.263 e. The van der Waals surface area contributed by atoms with Gasteiger partial charge in [0.05, 0.1) is 17.5 Å². The first-order chi connectivity index (χ1) is 15.2. The Bertz CT molecular complexity index is 1130. The van der Waals surface area contributed by atoms with E-state index >= 15 is 0 Å². The molecule has 4 unspecified atom stereocenters. The summed E-state index contributed by atoms with van der Waals surface area (Å²) in [5, 5.41) is 13.6. The number of carbonyl (C=O) groups excluding carboxylic acids is 1. The number of anilines is 2. The molecule has 3 aromatic rings. The molecule has 0 saturated heterocycles. The van der Waals surface area contributed by atoms with Crippen LogP contribution in [-0.2, 0) is 6.42 Å². The largest absolute Gasteiger partial charge is 0.438 e. The van der Waals surface area contributed by atoms with E-state index in [0.717, 1.165) is 30.4 Å². The van der Waals surface area contributed by atoms with Gasteiger partial charge in [0.1, 0.15) is 11.1 Å². The van der Waals surface area contributed by atoms with Gasteiger partial charge in [-0.2, -0.15) is 0 Å². The second-order valence-corrected chi connectivity index (χ2v) is 9.10. The molecule has 6 N–H and O–H groups in total. The molecular weight excluding hydrogens is 406 g/mol. The minimum Gasteiger partial charge on any atom is -0.438 e. The highest BCUT2D eigenvalue weighted by molar-refractivity contribution is 6.14. The van der Waals surface area contributed by atoms with Gasteiger partial charge in [-0.3, -0.25) is 14.8 Å². The number of carbonyl (C=O) groups is 1. The molecule has 4 atom stereocenters. The third-order valence-electron chi connectivity index (χ3n) is 6.85. The van der Waals surface area contributed by atoms with Crippen LogP contribution in [0.2, 0.25) is 0 Å². The Balaban J connectivity index is 1.62. The molecule has 1 fully saturated rings. The highest BCUT2D eigenvalue weighted by Crippen LogP contribution is 2.43. The maximum atomic E-state index is 13.2. The number of aliphatic hydroxyl groups is 1. The van der Waals surface area contributed by atoms with Gasteiger partial charge in [-0.15, -0.1) is 0 Å². The minimum atomic E-state index is -0.917. The molecule has 3 heterocycles. The van der Waals surface area contributed by atoms with Gasteiger partial charge in [0.2, 0.25) is 5.88 Å². The Hall–Kier alpha value is -2.97. The van der Waals surface area contributed by atoms with Crippen molar-refractivity contribution in [2.24, 2.45) is 11.7 Å². The van der Waals surface area contributed by atoms with E-state index in [4.69, 9.17) is 15.9 Å². The number of aromatic nitrogens is 2. The van der Waals surface area contributed by atoms with Crippen molar-refractivity contribution in [2.45, 2.75) is 64.0 Å². The Labute approximate surface area is 187 Å². The fourth-order valence-corrected chi connectivity index (χ4v) is 4.66. The quantitative estimate of drug-likeness (QED) is 0.478. The molecule has 8 heteroatoms. The number of hydrogen-bond donors (Lipinski definition) is 4. The predicted molar refractivity (Wildman–Crippen MR) is 124 cm³/mol. The van der Waals surface area contributed by atoms with Crippen LogP contribution in [0.25, 0.3) is 11.1 Å². The molecule has 4 rings (SSSR count). The zero-order chi connectivity index (χ0) is 23.0. The molecule has 170 valence electrons. The first-order valence-corrected chi connectivity index (χ1v) is 11.1. The van der Waals surface area contributed by atoms with Crippen LogP contribution in [0.4, 0.5) is 11.6 Å². The van der Waals surface area contributed by atoms with Gasteiger partial charge in [-0.1, -0.05) is 20.3 Å². The summed E-state index contributed by atoms with van der Waals surface area (Å²) in [4.78, 5) is 21.8. The standard InChI is InChI=1S/C24H31N5O3/c1-4-5-14-9-18-21(28-11-14)20(22(26)32-18)23(30)29-17-12-27-7-6-16(17)15-8-13(2)24(3,31)19(25)10-15/h6-7,9,11-13,15,19,31H,4-5,8,10,25-26H2,1-3H3,(H,29,30). The summed E-state index contributed by atoms with van der Waals surface area (Å²) in [5.41, 5.74) is 15.1. The van der Waals surface area contributed by atoms with Gasteiger partial charge < -0.3 is 26.3 Å². The summed E-state index contributed by atoms with van der Waals surface area (Å²) in [6.07, 6.45) is 8.31. The number of hydrogen-bond acceptors (Lipinski definition) is 7. The zero-order valence-electron chi connectivity index (χ0n) is 18.8. The third kappa shape index (κ3) is 3.96. The van der Waals surface area contributed by atoms with Crippen LogP contribution < -0.4 is 16.8 Å². The maximum absolute atomic E-state index is 13.2. The number of nitrogens with two attached hydrogens (primary N) is 2. The van der Waals surface area contributed by atoms with Crippen LogP contribution >= 0.6 is 0 Å². The van der Waals surface area contributed by atoms with Crippen molar-refractivity contribution in [2.75, 3.05) is 11.1 Å². The van der Waals surface area contributed by atoms with Gasteiger partial charge in [-0.05, 0) is 61.3 Å². The summed E-state index contributed by atoms with van der Waals surface area (Å²) in [5.74, 6) is -0.255. The smallest absolute Gasteiger partial charge is 0.263 e. The van der Waals surface area contributed by atoms with E-state index in [0.29, 0.717) is 23.2 Å². The van der Waals surface area contributed by atoms with Gasteiger partial charge in [-0.25, -0.2) is 0 Å². The SMILES string of the molecule is CCCc1cnc2c(C(=O)Nc3cnccc3C3CC(C)C(C)(O)C(N)C3)c(N)oc2c1. The lowest BCUT2D eigenvalue weighted by Crippen LogP contribution is -2.54. The lowest BCUT2D eigenvalue weighted by atomic mass is 9.68. The van der Waals surface area contributed by atoms with Crippen molar-refractivity contribution >= 4 is 28.6 Å². The summed E-state index contributed by atoms with van der Waals surface area (Å²) < 4.78 is 5.64. The molecule has 0 bridgehead atoms. The van der Waals surface area contributed by atoms with Crippen molar-refractivity contribution < 1.29 is 14.3 Å². The number of nitrogens with one attached hydrogen (secondary N) is 1. The van der Waals surface area contributed by atoms with Crippen LogP contribution in [0.5, 0.6) is 0 Å². The Morgan fingerprint density at radius 2 is 2.16 bits per heavy atom. The summed E-state index contributed by atoms with van der Waals surface area (Å²) in [6, 6.07) is 3.42. The summed E-state index contributed by atoms with van der Waals surface area (Å²) >= 11 is 0. The van der Waals surface area contributed by atoms with Crippen molar-refractivity contribution in [1.29, 1.82) is 0 Å². The Morgan fingerprint density at radius 1 is 1.38 bits per heavy atom. The second kappa shape index (κ2) is 8.52. The molecule has 32 heavy (non-hydrogen) atoms. The number of amides is 1. The summed E-state index contributed by atoms with van der Waals surface area (Å²) in [7, 11) is 0. The van der Waals surface area contributed by atoms with E-state index in [9.17, 15) is 9.90 Å². The van der Waals surface area contributed by atoms with Gasteiger partial charge >= 0.3 is 0 Å². The van der Waals surface area contributed by atoms with E-state index in [-0.39, 0.29) is 29.3 Å². The number of pyridine rings is 2. The first-order valence-electron chi connectivity index (χ1n) is 11.1. The molecule has 0 spiro atoms. The average molecular weight is 438 g/mol. The number of fused-ring (bicyclic) bond motifs is 1. The molecule has 1 saturated carbocycles. The molecule has 0 aromatic carbocycles. The van der Waals surface area contributed by atoms with Crippen LogP contribution in [-0.4, -0.2) is 32.6 Å². The van der Waals surface area contributed by atoms with E-state index in [1.807, 2.05) is 19.1 Å². The lowest BCUT2D eigenvalue weighted by molar-refractivity contribution is -0.0463. The molecule has 0 radical (unpaired) electrons. The molecule has 1 amide bonds. The van der Waals surface area contributed by atoms with E-state index in [1.165, 1.54) is 0 Å². The third-order valence-corrected chi connectivity index (χ3v) is 6.85. The fourth-order valence-electron chi connectivity index (χ4n) is 4.66. The molecule has 3 aromatic heterocycles. The first kappa shape index (κ1) is 22.2. The van der Waals surface area contributed by atoms with E-state index < -0.39 is 11.5 Å². The Morgan fingerprint density at radius 3 is 2.88 bits per heavy atom. The van der Waals surface area contributed by atoms with Gasteiger partial charge in [0, 0.05) is 18.4 Å². The van der Waals surface area contributed by atoms with E-state index in [2.05, 4.69) is 22.2 Å². The monoisotopic (exact) mass is 437 g/mol. The van der Waals surface area contributed by atoms with Crippen LogP contribution in [0.1, 0.15) is 67.4 Å². The van der Waals surface area contributed by atoms with Crippen LogP contribution in [0.3, 0.4) is 0 Å². The van der Waals surface area contributed by atoms with Crippen LogP contribution in [0, 0.1) is 5.92 Å². The predicted octanol–water partition coefficient (Wildman–Crippen LogP) is 3.60. The van der Waals surface area contributed by atoms with Crippen molar-refractivity contribution in [1.82, 2.24) is 9.97 Å². The topological polar surface area (TPSA) is 140 Å². The minimum absolute atomic E-state index is 0.0166. The average Bonchev–Trinajstić information content (AvgIpc) is 3.07. The molecule has 0 aliphatic heterocycles. The van der Waals surface area contributed by atoms with Gasteiger partial charge in [0.15, 0.2) is 5.58 Å². The molecular formula is C24H31N5O3. The summed E-state index contributed by atoms with van der Waals surface area (Å²) in [6.45, 7) is 5.88. The normalized spacial score (nSPS) is 25.7. The van der Waals surface area contributed by atoms with Crippen LogP contribution in [0.15, 0.2) is 35.1 Å². The number of rotatable bonds is 5. The van der Waals surface area contributed by atoms with Crippen molar-refractivity contribution in [3.8, 4) is 0 Å². The zero-order valence-corrected chi connectivity index (χ0v) is 18.8. The lowest BCUT2D eigenvalue weighted by Gasteiger charge is -2.44. The highest BCUT2D eigenvalue weighted by Gasteiger charge is 2.42. The number of furan rings is 1. The Kier molecular flexibility index (Phi) is 5.92. The molecule has 8 nitrogen and oxygen atoms in total.